The summed E-state index contributed by atoms with van der Waals surface area (Å²) < 4.78 is 5.68. The Morgan fingerprint density at radius 2 is 1.52 bits per heavy atom. The molecule has 0 saturated carbocycles. The van der Waals surface area contributed by atoms with Crippen LogP contribution in [0.15, 0.2) is 30.3 Å². The smallest absolute Gasteiger partial charge is 0.0716 e. The topological polar surface area (TPSA) is 29.5 Å². The van der Waals surface area contributed by atoms with Gasteiger partial charge in [-0.1, -0.05) is 75.8 Å². The molecule has 0 spiro atoms. The number of hydrogen-bond donors (Lipinski definition) is 1. The molecule has 2 heteroatoms. The monoisotopic (exact) mass is 292 g/mol. The minimum absolute atomic E-state index is 0.0771. The molecule has 0 aliphatic heterocycles. The average molecular weight is 292 g/mol. The van der Waals surface area contributed by atoms with E-state index in [1.165, 1.54) is 50.5 Å². The molecule has 0 fully saturated rings. The van der Waals surface area contributed by atoms with Crippen LogP contribution in [0.2, 0.25) is 0 Å². The zero-order chi connectivity index (χ0) is 15.2. The molecule has 0 aliphatic rings. The van der Waals surface area contributed by atoms with Crippen LogP contribution >= 0.6 is 0 Å². The average Bonchev–Trinajstić information content (AvgIpc) is 2.53. The Hall–Kier alpha value is -0.860. The van der Waals surface area contributed by atoms with Crippen LogP contribution in [0.4, 0.5) is 0 Å². The molecule has 1 atom stereocenters. The Labute approximate surface area is 130 Å². The second-order valence-corrected chi connectivity index (χ2v) is 5.86. The Morgan fingerprint density at radius 3 is 2.19 bits per heavy atom. The molecule has 0 saturated heterocycles. The number of rotatable bonds is 13. The summed E-state index contributed by atoms with van der Waals surface area (Å²) in [4.78, 5) is 0. The third kappa shape index (κ3) is 10.5. The highest BCUT2D eigenvalue weighted by atomic mass is 16.5. The molecule has 0 unspecified atom stereocenters. The van der Waals surface area contributed by atoms with Crippen molar-refractivity contribution < 1.29 is 9.84 Å². The zero-order valence-corrected chi connectivity index (χ0v) is 13.6. The molecular weight excluding hydrogens is 260 g/mol. The first kappa shape index (κ1) is 18.2. The van der Waals surface area contributed by atoms with Crippen LogP contribution < -0.4 is 0 Å². The standard InChI is InChI=1S/C19H32O2/c1-2-19(20)15-11-6-4-3-5-7-12-16-21-17-18-13-9-8-10-14-18/h8-10,13-14,19-20H,2-7,11-12,15-17H2,1H3/t19-/m0/s1. The summed E-state index contributed by atoms with van der Waals surface area (Å²) in [5.74, 6) is 0. The van der Waals surface area contributed by atoms with E-state index in [1.807, 2.05) is 13.0 Å². The van der Waals surface area contributed by atoms with Gasteiger partial charge in [0.25, 0.3) is 0 Å². The van der Waals surface area contributed by atoms with Crippen LogP contribution in [0.5, 0.6) is 0 Å². The van der Waals surface area contributed by atoms with Crippen LogP contribution in [0.1, 0.15) is 70.3 Å². The summed E-state index contributed by atoms with van der Waals surface area (Å²) in [5, 5.41) is 9.45. The van der Waals surface area contributed by atoms with Crippen molar-refractivity contribution in [3.05, 3.63) is 35.9 Å². The highest BCUT2D eigenvalue weighted by Gasteiger charge is 1.99. The van der Waals surface area contributed by atoms with Crippen LogP contribution in [0.25, 0.3) is 0 Å². The van der Waals surface area contributed by atoms with Crippen molar-refractivity contribution in [1.82, 2.24) is 0 Å². The van der Waals surface area contributed by atoms with Crippen LogP contribution in [-0.4, -0.2) is 17.8 Å². The minimum atomic E-state index is -0.0771. The van der Waals surface area contributed by atoms with Crippen molar-refractivity contribution >= 4 is 0 Å². The Morgan fingerprint density at radius 1 is 0.905 bits per heavy atom. The molecule has 1 rings (SSSR count). The Kier molecular flexibility index (Phi) is 11.1. The molecule has 120 valence electrons. The van der Waals surface area contributed by atoms with Gasteiger partial charge in [0, 0.05) is 6.61 Å². The Bertz CT molecular complexity index is 324. The normalized spacial score (nSPS) is 12.5. The van der Waals surface area contributed by atoms with Crippen molar-refractivity contribution in [3.63, 3.8) is 0 Å². The molecule has 0 aliphatic carbocycles. The summed E-state index contributed by atoms with van der Waals surface area (Å²) in [6.45, 7) is 3.66. The fraction of sp³-hybridized carbons (Fsp3) is 0.684. The van der Waals surface area contributed by atoms with Gasteiger partial charge in [-0.2, -0.15) is 0 Å². The number of hydrogen-bond acceptors (Lipinski definition) is 2. The summed E-state index contributed by atoms with van der Waals surface area (Å²) in [7, 11) is 0. The molecule has 1 N–H and O–H groups in total. The SMILES string of the molecule is CC[C@H](O)CCCCCCCCCOCc1ccccc1. The van der Waals surface area contributed by atoms with E-state index in [4.69, 9.17) is 4.74 Å². The lowest BCUT2D eigenvalue weighted by molar-refractivity contribution is 0.116. The van der Waals surface area contributed by atoms with Gasteiger partial charge in [0.05, 0.1) is 12.7 Å². The lowest BCUT2D eigenvalue weighted by Crippen LogP contribution is -2.03. The van der Waals surface area contributed by atoms with Crippen LogP contribution in [0.3, 0.4) is 0 Å². The molecule has 0 aromatic heterocycles. The summed E-state index contributed by atoms with van der Waals surface area (Å²) in [6.07, 6.45) is 10.6. The number of unbranched alkanes of at least 4 members (excludes halogenated alkanes) is 6. The highest BCUT2D eigenvalue weighted by molar-refractivity contribution is 5.13. The predicted molar refractivity (Wildman–Crippen MR) is 89.3 cm³/mol. The molecule has 1 aromatic rings. The number of aliphatic hydroxyl groups excluding tert-OH is 1. The maximum absolute atomic E-state index is 9.45. The van der Waals surface area contributed by atoms with E-state index in [-0.39, 0.29) is 6.10 Å². The van der Waals surface area contributed by atoms with Crippen molar-refractivity contribution in [2.75, 3.05) is 6.61 Å². The quantitative estimate of drug-likeness (QED) is 0.513. The third-order valence-electron chi connectivity index (χ3n) is 3.91. The van der Waals surface area contributed by atoms with E-state index in [1.54, 1.807) is 0 Å². The molecule has 21 heavy (non-hydrogen) atoms. The van der Waals surface area contributed by atoms with E-state index in [0.29, 0.717) is 0 Å². The minimum Gasteiger partial charge on any atom is -0.393 e. The first-order valence-electron chi connectivity index (χ1n) is 8.62. The molecule has 0 bridgehead atoms. The van der Waals surface area contributed by atoms with Gasteiger partial charge in [-0.3, -0.25) is 0 Å². The van der Waals surface area contributed by atoms with Gasteiger partial charge in [-0.25, -0.2) is 0 Å². The molecular formula is C19H32O2. The van der Waals surface area contributed by atoms with E-state index < -0.39 is 0 Å². The summed E-state index contributed by atoms with van der Waals surface area (Å²) >= 11 is 0. The van der Waals surface area contributed by atoms with Crippen LogP contribution in [0, 0.1) is 0 Å². The predicted octanol–water partition coefficient (Wildman–Crippen LogP) is 5.09. The molecule has 0 amide bonds. The number of benzene rings is 1. The van der Waals surface area contributed by atoms with Gasteiger partial charge >= 0.3 is 0 Å². The van der Waals surface area contributed by atoms with Crippen LogP contribution in [-0.2, 0) is 11.3 Å². The van der Waals surface area contributed by atoms with Crippen molar-refractivity contribution in [2.45, 2.75) is 77.4 Å². The fourth-order valence-corrected chi connectivity index (χ4v) is 2.44. The van der Waals surface area contributed by atoms with Gasteiger partial charge in [-0.05, 0) is 24.8 Å². The maximum atomic E-state index is 9.45. The summed E-state index contributed by atoms with van der Waals surface area (Å²) in [5.41, 5.74) is 1.26. The first-order chi connectivity index (χ1) is 10.3. The van der Waals surface area contributed by atoms with Crippen molar-refractivity contribution in [2.24, 2.45) is 0 Å². The summed E-state index contributed by atoms with van der Waals surface area (Å²) in [6, 6.07) is 10.4. The van der Waals surface area contributed by atoms with E-state index in [2.05, 4.69) is 24.3 Å². The van der Waals surface area contributed by atoms with Gasteiger partial charge in [0.2, 0.25) is 0 Å². The molecule has 2 nitrogen and oxygen atoms in total. The first-order valence-corrected chi connectivity index (χ1v) is 8.62. The number of aliphatic hydroxyl groups is 1. The largest absolute Gasteiger partial charge is 0.393 e. The molecule has 0 radical (unpaired) electrons. The zero-order valence-electron chi connectivity index (χ0n) is 13.6. The maximum Gasteiger partial charge on any atom is 0.0716 e. The second-order valence-electron chi connectivity index (χ2n) is 5.86. The highest BCUT2D eigenvalue weighted by Crippen LogP contribution is 2.11. The van der Waals surface area contributed by atoms with E-state index in [9.17, 15) is 5.11 Å². The molecule has 1 aromatic carbocycles. The lowest BCUT2D eigenvalue weighted by atomic mass is 10.1. The van der Waals surface area contributed by atoms with Crippen molar-refractivity contribution in [3.8, 4) is 0 Å². The van der Waals surface area contributed by atoms with Crippen molar-refractivity contribution in [1.29, 1.82) is 0 Å². The Balaban J connectivity index is 1.79. The lowest BCUT2D eigenvalue weighted by Gasteiger charge is -2.07. The second kappa shape index (κ2) is 12.8. The number of ether oxygens (including phenoxy) is 1. The van der Waals surface area contributed by atoms with E-state index >= 15 is 0 Å². The van der Waals surface area contributed by atoms with Gasteiger partial charge < -0.3 is 9.84 Å². The van der Waals surface area contributed by atoms with Gasteiger partial charge in [-0.15, -0.1) is 0 Å². The third-order valence-corrected chi connectivity index (χ3v) is 3.91. The van der Waals surface area contributed by atoms with Gasteiger partial charge in [0.15, 0.2) is 0 Å². The fourth-order valence-electron chi connectivity index (χ4n) is 2.44. The van der Waals surface area contributed by atoms with E-state index in [0.717, 1.165) is 26.1 Å². The van der Waals surface area contributed by atoms with Gasteiger partial charge in [0.1, 0.15) is 0 Å². The molecule has 0 heterocycles.